The van der Waals surface area contributed by atoms with Crippen molar-refractivity contribution in [3.8, 4) is 11.5 Å². The van der Waals surface area contributed by atoms with Gasteiger partial charge in [0, 0.05) is 18.7 Å². The zero-order valence-corrected chi connectivity index (χ0v) is 9.91. The molecule has 1 rings (SSSR count). The van der Waals surface area contributed by atoms with Gasteiger partial charge in [0.1, 0.15) is 11.5 Å². The molecule has 0 atom stereocenters. The van der Waals surface area contributed by atoms with Gasteiger partial charge in [-0.2, -0.15) is 0 Å². The van der Waals surface area contributed by atoms with E-state index >= 15 is 0 Å². The van der Waals surface area contributed by atoms with Crippen molar-refractivity contribution in [3.63, 3.8) is 0 Å². The number of aliphatic imine (C=N–C) groups is 1. The van der Waals surface area contributed by atoms with Crippen LogP contribution in [0.25, 0.3) is 0 Å². The quantitative estimate of drug-likeness (QED) is 0.490. The average Bonchev–Trinajstić information content (AvgIpc) is 2.28. The molecule has 0 aliphatic carbocycles. The van der Waals surface area contributed by atoms with Crippen LogP contribution in [0.1, 0.15) is 13.3 Å². The first-order valence-corrected chi connectivity index (χ1v) is 5.03. The van der Waals surface area contributed by atoms with Crippen LogP contribution in [0.15, 0.2) is 17.1 Å². The number of hydrogen-bond donors (Lipinski definition) is 1. The van der Waals surface area contributed by atoms with Crippen molar-refractivity contribution in [2.75, 3.05) is 7.11 Å². The minimum absolute atomic E-state index is 0.00721. The maximum Gasteiger partial charge on any atom is 0.298 e. The van der Waals surface area contributed by atoms with E-state index in [9.17, 15) is 20.0 Å². The second-order valence-corrected chi connectivity index (χ2v) is 3.49. The summed E-state index contributed by atoms with van der Waals surface area (Å²) in [5.41, 5.74) is -0.330. The van der Waals surface area contributed by atoms with Crippen molar-refractivity contribution in [2.45, 2.75) is 13.3 Å². The van der Waals surface area contributed by atoms with Gasteiger partial charge < -0.3 is 9.84 Å². The first-order valence-electron chi connectivity index (χ1n) is 5.03. The zero-order valence-electron chi connectivity index (χ0n) is 9.91. The number of ether oxygens (including phenoxy) is 1. The van der Waals surface area contributed by atoms with Gasteiger partial charge in [0.05, 0.1) is 18.1 Å². The number of phenolic OH excluding ortho intramolecular Hbond substituents is 1. The monoisotopic (exact) mass is 252 g/mol. The molecule has 96 valence electrons. The number of aromatic hydroxyl groups is 1. The lowest BCUT2D eigenvalue weighted by Gasteiger charge is -2.04. The predicted molar refractivity (Wildman–Crippen MR) is 64.8 cm³/mol. The molecule has 0 aliphatic rings. The highest BCUT2D eigenvalue weighted by atomic mass is 16.6. The number of methoxy groups -OCH3 is 1. The van der Waals surface area contributed by atoms with E-state index in [0.717, 1.165) is 12.1 Å². The Morgan fingerprint density at radius 3 is 2.78 bits per heavy atom. The number of nitro benzene ring substituents is 1. The Bertz CT molecular complexity index is 510. The Kier molecular flexibility index (Phi) is 4.36. The summed E-state index contributed by atoms with van der Waals surface area (Å²) in [6.45, 7) is 1.38. The first-order chi connectivity index (χ1) is 8.45. The highest BCUT2D eigenvalue weighted by molar-refractivity contribution is 5.90. The summed E-state index contributed by atoms with van der Waals surface area (Å²) in [7, 11) is 1.29. The second kappa shape index (κ2) is 5.76. The Balaban J connectivity index is 3.17. The largest absolute Gasteiger partial charge is 0.504 e. The van der Waals surface area contributed by atoms with Crippen molar-refractivity contribution < 1.29 is 19.6 Å². The topological polar surface area (TPSA) is 102 Å². The second-order valence-electron chi connectivity index (χ2n) is 3.49. The number of ketones is 1. The van der Waals surface area contributed by atoms with E-state index in [1.807, 2.05) is 0 Å². The maximum absolute atomic E-state index is 10.8. The Hall–Kier alpha value is -2.44. The molecule has 0 amide bonds. The SMILES string of the molecule is COc1cc([N+](=O)[O-])c(N=CCC(C)=O)cc1O. The van der Waals surface area contributed by atoms with Gasteiger partial charge in [-0.05, 0) is 6.92 Å². The van der Waals surface area contributed by atoms with Gasteiger partial charge >= 0.3 is 0 Å². The molecular weight excluding hydrogens is 240 g/mol. The molecule has 0 heterocycles. The number of rotatable bonds is 5. The van der Waals surface area contributed by atoms with Gasteiger partial charge in [-0.15, -0.1) is 0 Å². The highest BCUT2D eigenvalue weighted by Gasteiger charge is 2.17. The number of carbonyl (C=O) groups excluding carboxylic acids is 1. The van der Waals surface area contributed by atoms with Crippen LogP contribution in [0.3, 0.4) is 0 Å². The number of nitro groups is 1. The fourth-order valence-corrected chi connectivity index (χ4v) is 1.23. The van der Waals surface area contributed by atoms with E-state index in [1.165, 1.54) is 20.2 Å². The lowest BCUT2D eigenvalue weighted by molar-refractivity contribution is -0.384. The number of carbonyl (C=O) groups is 1. The third-order valence-corrected chi connectivity index (χ3v) is 2.08. The Morgan fingerprint density at radius 2 is 2.28 bits per heavy atom. The molecule has 18 heavy (non-hydrogen) atoms. The van der Waals surface area contributed by atoms with Crippen molar-refractivity contribution >= 4 is 23.4 Å². The van der Waals surface area contributed by atoms with Crippen molar-refractivity contribution in [3.05, 3.63) is 22.2 Å². The minimum Gasteiger partial charge on any atom is -0.504 e. The lowest BCUT2D eigenvalue weighted by Crippen LogP contribution is -1.93. The molecule has 1 aromatic rings. The Labute approximate surface area is 103 Å². The molecule has 0 bridgehead atoms. The predicted octanol–water partition coefficient (Wildman–Crippen LogP) is 1.99. The van der Waals surface area contributed by atoms with Crippen molar-refractivity contribution in [1.82, 2.24) is 0 Å². The standard InChI is InChI=1S/C11H12N2O5/c1-7(14)3-4-12-8-5-10(15)11(18-2)6-9(8)13(16)17/h4-6,15H,3H2,1-2H3. The average molecular weight is 252 g/mol. The summed E-state index contributed by atoms with van der Waals surface area (Å²) in [5, 5.41) is 20.3. The summed E-state index contributed by atoms with van der Waals surface area (Å²) in [5.74, 6) is -0.371. The maximum atomic E-state index is 10.8. The van der Waals surface area contributed by atoms with E-state index in [0.29, 0.717) is 0 Å². The summed E-state index contributed by atoms with van der Waals surface area (Å²) in [6, 6.07) is 2.20. The molecule has 0 saturated carbocycles. The zero-order chi connectivity index (χ0) is 13.7. The molecule has 1 aromatic carbocycles. The first kappa shape index (κ1) is 13.6. The highest BCUT2D eigenvalue weighted by Crippen LogP contribution is 2.38. The number of nitrogens with zero attached hydrogens (tertiary/aromatic N) is 2. The van der Waals surface area contributed by atoms with E-state index in [2.05, 4.69) is 4.99 Å². The smallest absolute Gasteiger partial charge is 0.298 e. The molecule has 7 heteroatoms. The normalized spacial score (nSPS) is 10.6. The molecule has 1 N–H and O–H groups in total. The van der Waals surface area contributed by atoms with Crippen LogP contribution >= 0.6 is 0 Å². The molecule has 0 aromatic heterocycles. The van der Waals surface area contributed by atoms with Gasteiger partial charge in [-0.3, -0.25) is 19.9 Å². The van der Waals surface area contributed by atoms with Gasteiger partial charge in [-0.25, -0.2) is 0 Å². The van der Waals surface area contributed by atoms with Crippen LogP contribution in [0.4, 0.5) is 11.4 Å². The molecule has 0 aliphatic heterocycles. The van der Waals surface area contributed by atoms with Crippen LogP contribution in [0.5, 0.6) is 11.5 Å². The van der Waals surface area contributed by atoms with Gasteiger partial charge in [0.25, 0.3) is 5.69 Å². The van der Waals surface area contributed by atoms with Crippen LogP contribution in [0, 0.1) is 10.1 Å². The molecule has 0 fully saturated rings. The molecular formula is C11H12N2O5. The van der Waals surface area contributed by atoms with E-state index in [4.69, 9.17) is 4.74 Å². The fourth-order valence-electron chi connectivity index (χ4n) is 1.23. The third kappa shape index (κ3) is 3.27. The lowest BCUT2D eigenvalue weighted by atomic mass is 10.2. The summed E-state index contributed by atoms with van der Waals surface area (Å²) >= 11 is 0. The summed E-state index contributed by atoms with van der Waals surface area (Å²) in [4.78, 5) is 24.7. The number of hydrogen-bond acceptors (Lipinski definition) is 6. The molecule has 7 nitrogen and oxygen atoms in total. The molecule has 0 saturated heterocycles. The van der Waals surface area contributed by atoms with Crippen LogP contribution < -0.4 is 4.74 Å². The van der Waals surface area contributed by atoms with Crippen LogP contribution in [-0.4, -0.2) is 29.1 Å². The van der Waals surface area contributed by atoms with E-state index < -0.39 is 4.92 Å². The third-order valence-electron chi connectivity index (χ3n) is 2.08. The van der Waals surface area contributed by atoms with Crippen LogP contribution in [-0.2, 0) is 4.79 Å². The van der Waals surface area contributed by atoms with Crippen molar-refractivity contribution in [1.29, 1.82) is 0 Å². The fraction of sp³-hybridized carbons (Fsp3) is 0.273. The van der Waals surface area contributed by atoms with Crippen LogP contribution in [0.2, 0.25) is 0 Å². The molecule has 0 spiro atoms. The van der Waals surface area contributed by atoms with Gasteiger partial charge in [0.2, 0.25) is 0 Å². The van der Waals surface area contributed by atoms with E-state index in [-0.39, 0.29) is 35.1 Å². The Morgan fingerprint density at radius 1 is 1.61 bits per heavy atom. The number of Topliss-reactive ketones (excluding diaryl/α,β-unsaturated/α-hetero) is 1. The molecule has 0 radical (unpaired) electrons. The van der Waals surface area contributed by atoms with E-state index in [1.54, 1.807) is 0 Å². The number of benzene rings is 1. The van der Waals surface area contributed by atoms with Crippen molar-refractivity contribution in [2.24, 2.45) is 4.99 Å². The van der Waals surface area contributed by atoms with Gasteiger partial charge in [0.15, 0.2) is 11.5 Å². The summed E-state index contributed by atoms with van der Waals surface area (Å²) < 4.78 is 4.77. The minimum atomic E-state index is -0.637. The number of phenols is 1. The van der Waals surface area contributed by atoms with Gasteiger partial charge in [-0.1, -0.05) is 0 Å². The summed E-state index contributed by atoms with van der Waals surface area (Å²) in [6.07, 6.45) is 1.33. The molecule has 0 unspecified atom stereocenters.